The van der Waals surface area contributed by atoms with Crippen LogP contribution in [0.25, 0.3) is 0 Å². The highest BCUT2D eigenvalue weighted by atomic mass is 16.7. The van der Waals surface area contributed by atoms with Crippen molar-refractivity contribution in [3.8, 4) is 0 Å². The first-order valence-corrected chi connectivity index (χ1v) is 4.75. The number of nitrogens with one attached hydrogen (secondary N) is 2. The molecule has 1 saturated heterocycles. The number of ether oxygens (including phenoxy) is 1. The highest BCUT2D eigenvalue weighted by Gasteiger charge is 2.13. The van der Waals surface area contributed by atoms with Crippen LogP contribution in [0.4, 0.5) is 4.79 Å². The maximum absolute atomic E-state index is 9.79. The van der Waals surface area contributed by atoms with Crippen molar-refractivity contribution < 1.29 is 14.6 Å². The van der Waals surface area contributed by atoms with Crippen LogP contribution >= 0.6 is 0 Å². The average Bonchev–Trinajstić information content (AvgIpc) is 2.03. The van der Waals surface area contributed by atoms with E-state index in [4.69, 9.17) is 5.11 Å². The molecule has 0 atom stereocenters. The predicted octanol–water partition coefficient (Wildman–Crippen LogP) is 0.659. The number of hydrogen-bond donors (Lipinski definition) is 3. The van der Waals surface area contributed by atoms with E-state index in [9.17, 15) is 4.79 Å². The summed E-state index contributed by atoms with van der Waals surface area (Å²) in [6, 6.07) is 0. The maximum atomic E-state index is 9.79. The zero-order chi connectivity index (χ0) is 11.0. The molecule has 5 nitrogen and oxygen atoms in total. The zero-order valence-electron chi connectivity index (χ0n) is 9.09. The van der Waals surface area contributed by atoms with E-state index >= 15 is 0 Å². The van der Waals surface area contributed by atoms with Crippen LogP contribution in [0.1, 0.15) is 20.8 Å². The third-order valence-corrected chi connectivity index (χ3v) is 1.35. The van der Waals surface area contributed by atoms with Crippen molar-refractivity contribution in [3.05, 3.63) is 0 Å². The molecule has 1 rings (SSSR count). The van der Waals surface area contributed by atoms with Gasteiger partial charge in [-0.05, 0) is 20.8 Å². The summed E-state index contributed by atoms with van der Waals surface area (Å²) in [6.07, 6.45) is -1.22. The van der Waals surface area contributed by atoms with E-state index in [0.29, 0.717) is 0 Å². The minimum absolute atomic E-state index is 0.578. The van der Waals surface area contributed by atoms with Gasteiger partial charge in [-0.2, -0.15) is 0 Å². The Morgan fingerprint density at radius 3 is 1.57 bits per heavy atom. The molecule has 0 aromatic heterocycles. The summed E-state index contributed by atoms with van der Waals surface area (Å²) in [7, 11) is 0. The van der Waals surface area contributed by atoms with E-state index in [1.165, 1.54) is 0 Å². The molecule has 14 heavy (non-hydrogen) atoms. The molecular weight excluding hydrogens is 184 g/mol. The van der Waals surface area contributed by atoms with Crippen molar-refractivity contribution in [1.82, 2.24) is 10.6 Å². The molecule has 0 aromatic rings. The standard InChI is InChI=1S/C5H10O3.C4H10N2/c1-5(2,3)8-4(6)7;1-2-6-4-3-5-1/h1-3H3,(H,6,7);5-6H,1-4H2. The average molecular weight is 204 g/mol. The van der Waals surface area contributed by atoms with Crippen LogP contribution in [-0.2, 0) is 4.74 Å². The van der Waals surface area contributed by atoms with E-state index in [1.807, 2.05) is 0 Å². The first-order valence-electron chi connectivity index (χ1n) is 4.75. The lowest BCUT2D eigenvalue weighted by Gasteiger charge is -2.15. The third-order valence-electron chi connectivity index (χ3n) is 1.35. The highest BCUT2D eigenvalue weighted by Crippen LogP contribution is 2.05. The molecule has 5 heteroatoms. The van der Waals surface area contributed by atoms with Crippen LogP contribution < -0.4 is 10.6 Å². The lowest BCUT2D eigenvalue weighted by Crippen LogP contribution is -2.39. The van der Waals surface area contributed by atoms with Crippen molar-refractivity contribution in [2.75, 3.05) is 26.2 Å². The van der Waals surface area contributed by atoms with Gasteiger partial charge in [0, 0.05) is 26.2 Å². The third kappa shape index (κ3) is 11.2. The summed E-state index contributed by atoms with van der Waals surface area (Å²) in [5, 5.41) is 14.5. The van der Waals surface area contributed by atoms with Gasteiger partial charge in [0.25, 0.3) is 0 Å². The molecule has 1 fully saturated rings. The molecule has 0 bridgehead atoms. The first kappa shape index (κ1) is 13.2. The molecule has 84 valence electrons. The normalized spacial score (nSPS) is 16.5. The molecule has 1 aliphatic heterocycles. The monoisotopic (exact) mass is 204 g/mol. The Labute approximate surface area is 84.8 Å². The summed E-state index contributed by atoms with van der Waals surface area (Å²) in [5.41, 5.74) is -0.578. The van der Waals surface area contributed by atoms with Crippen LogP contribution in [0.5, 0.6) is 0 Å². The lowest BCUT2D eigenvalue weighted by atomic mass is 10.2. The minimum Gasteiger partial charge on any atom is -0.450 e. The summed E-state index contributed by atoms with van der Waals surface area (Å²) in [4.78, 5) is 9.79. The second kappa shape index (κ2) is 6.62. The van der Waals surface area contributed by atoms with Crippen LogP contribution in [-0.4, -0.2) is 43.0 Å². The molecule has 0 unspecified atom stereocenters. The molecule has 3 N–H and O–H groups in total. The van der Waals surface area contributed by atoms with Crippen molar-refractivity contribution in [2.45, 2.75) is 26.4 Å². The van der Waals surface area contributed by atoms with Gasteiger partial charge in [-0.3, -0.25) is 0 Å². The van der Waals surface area contributed by atoms with Gasteiger partial charge in [0.15, 0.2) is 0 Å². The van der Waals surface area contributed by atoms with E-state index < -0.39 is 11.8 Å². The smallest absolute Gasteiger partial charge is 0.450 e. The summed E-state index contributed by atoms with van der Waals surface area (Å²) in [5.74, 6) is 0. The maximum Gasteiger partial charge on any atom is 0.506 e. The fourth-order valence-electron chi connectivity index (χ4n) is 0.865. The molecule has 0 aromatic carbocycles. The molecule has 0 spiro atoms. The Kier molecular flexibility index (Phi) is 6.23. The quantitative estimate of drug-likeness (QED) is 0.506. The summed E-state index contributed by atoms with van der Waals surface area (Å²) < 4.78 is 4.35. The fraction of sp³-hybridized carbons (Fsp3) is 0.889. The predicted molar refractivity (Wildman–Crippen MR) is 54.6 cm³/mol. The van der Waals surface area contributed by atoms with E-state index in [1.54, 1.807) is 20.8 Å². The topological polar surface area (TPSA) is 70.6 Å². The molecular formula is C9H20N2O3. The molecule has 0 saturated carbocycles. The van der Waals surface area contributed by atoms with Gasteiger partial charge in [0.05, 0.1) is 0 Å². The Morgan fingerprint density at radius 2 is 1.50 bits per heavy atom. The van der Waals surface area contributed by atoms with Crippen LogP contribution in [0, 0.1) is 0 Å². The number of carboxylic acid groups (broad SMARTS) is 1. The first-order chi connectivity index (χ1) is 6.42. The van der Waals surface area contributed by atoms with Crippen LogP contribution in [0.2, 0.25) is 0 Å². The van der Waals surface area contributed by atoms with Gasteiger partial charge in [0.1, 0.15) is 5.60 Å². The van der Waals surface area contributed by atoms with E-state index in [2.05, 4.69) is 15.4 Å². The lowest BCUT2D eigenvalue weighted by molar-refractivity contribution is 0.0150. The number of rotatable bonds is 0. The van der Waals surface area contributed by atoms with Crippen molar-refractivity contribution >= 4 is 6.16 Å². The van der Waals surface area contributed by atoms with Gasteiger partial charge in [-0.25, -0.2) is 4.79 Å². The Morgan fingerprint density at radius 1 is 1.14 bits per heavy atom. The van der Waals surface area contributed by atoms with Crippen molar-refractivity contribution in [1.29, 1.82) is 0 Å². The molecule has 0 amide bonds. The second-order valence-corrected chi connectivity index (χ2v) is 3.98. The van der Waals surface area contributed by atoms with Crippen LogP contribution in [0.3, 0.4) is 0 Å². The van der Waals surface area contributed by atoms with Gasteiger partial charge < -0.3 is 20.5 Å². The van der Waals surface area contributed by atoms with E-state index in [-0.39, 0.29) is 0 Å². The van der Waals surface area contributed by atoms with Gasteiger partial charge >= 0.3 is 6.16 Å². The van der Waals surface area contributed by atoms with Crippen LogP contribution in [0.15, 0.2) is 0 Å². The number of carbonyl (C=O) groups is 1. The van der Waals surface area contributed by atoms with Gasteiger partial charge in [0.2, 0.25) is 0 Å². The minimum atomic E-state index is -1.22. The summed E-state index contributed by atoms with van der Waals surface area (Å²) >= 11 is 0. The van der Waals surface area contributed by atoms with Crippen molar-refractivity contribution in [3.63, 3.8) is 0 Å². The second-order valence-electron chi connectivity index (χ2n) is 3.98. The zero-order valence-corrected chi connectivity index (χ0v) is 9.09. The van der Waals surface area contributed by atoms with Crippen molar-refractivity contribution in [2.24, 2.45) is 0 Å². The van der Waals surface area contributed by atoms with Gasteiger partial charge in [-0.15, -0.1) is 0 Å². The molecule has 1 aliphatic rings. The Hall–Kier alpha value is -0.810. The summed E-state index contributed by atoms with van der Waals surface area (Å²) in [6.45, 7) is 9.60. The largest absolute Gasteiger partial charge is 0.506 e. The highest BCUT2D eigenvalue weighted by molar-refractivity contribution is 5.57. The number of piperazine rings is 1. The number of hydrogen-bond acceptors (Lipinski definition) is 4. The molecule has 0 aliphatic carbocycles. The SMILES string of the molecule is C1CNCCN1.CC(C)(C)OC(=O)O. The van der Waals surface area contributed by atoms with Gasteiger partial charge in [-0.1, -0.05) is 0 Å². The van der Waals surface area contributed by atoms with E-state index in [0.717, 1.165) is 26.2 Å². The Bertz CT molecular complexity index is 150. The Balaban J connectivity index is 0.000000249. The molecule has 0 radical (unpaired) electrons. The molecule has 1 heterocycles. The fourth-order valence-corrected chi connectivity index (χ4v) is 0.865.